The molecule has 3 amide bonds. The first-order valence-electron chi connectivity index (χ1n) is 10.3. The maximum Gasteiger partial charge on any atom is 0.300 e. The van der Waals surface area contributed by atoms with E-state index in [2.05, 4.69) is 0 Å². The van der Waals surface area contributed by atoms with Crippen LogP contribution in [0.2, 0.25) is 0 Å². The van der Waals surface area contributed by atoms with Crippen molar-refractivity contribution in [1.82, 2.24) is 14.7 Å². The number of aliphatic carboxylic acids is 1. The lowest BCUT2D eigenvalue weighted by molar-refractivity contribution is -0.159. The number of likely N-dealkylation sites (tertiary alicyclic amines) is 1. The molecule has 3 fully saturated rings. The Morgan fingerprint density at radius 1 is 1.07 bits per heavy atom. The summed E-state index contributed by atoms with van der Waals surface area (Å²) in [5, 5.41) is 7.42. The van der Waals surface area contributed by atoms with Crippen LogP contribution in [0.15, 0.2) is 0 Å². The fourth-order valence-electron chi connectivity index (χ4n) is 3.77. The molecule has 2 aliphatic heterocycles. The fourth-order valence-corrected chi connectivity index (χ4v) is 3.77. The predicted octanol–water partition coefficient (Wildman–Crippen LogP) is 1.73. The second kappa shape index (κ2) is 10.4. The van der Waals surface area contributed by atoms with Gasteiger partial charge in [-0.15, -0.1) is 0 Å². The smallest absolute Gasteiger partial charge is 0.300 e. The third-order valence-electron chi connectivity index (χ3n) is 5.31. The number of nitrogens with zero attached hydrogens (tertiary/aromatic N) is 3. The summed E-state index contributed by atoms with van der Waals surface area (Å²) in [6, 6.07) is -0.415. The molecule has 0 aromatic rings. The average Bonchev–Trinajstić information content (AvgIpc) is 3.26. The van der Waals surface area contributed by atoms with Gasteiger partial charge in [0.25, 0.3) is 5.97 Å². The molecule has 1 N–H and O–H groups in total. The highest BCUT2D eigenvalue weighted by Gasteiger charge is 2.60. The van der Waals surface area contributed by atoms with Crippen LogP contribution in [-0.4, -0.2) is 81.3 Å². The first-order valence-corrected chi connectivity index (χ1v) is 10.3. The fraction of sp³-hybridized carbons (Fsp3) is 0.800. The van der Waals surface area contributed by atoms with Gasteiger partial charge in [0, 0.05) is 39.5 Å². The number of hydrogen-bond donors (Lipinski definition) is 1. The molecule has 0 aromatic carbocycles. The zero-order chi connectivity index (χ0) is 21.5. The van der Waals surface area contributed by atoms with Crippen LogP contribution in [0.5, 0.6) is 0 Å². The molecule has 1 spiro atoms. The van der Waals surface area contributed by atoms with Crippen molar-refractivity contribution in [2.75, 3.05) is 26.2 Å². The Bertz CT molecular complexity index is 578. The maximum absolute atomic E-state index is 12.9. The minimum absolute atomic E-state index is 0.0272. The molecular weight excluding hydrogens is 362 g/mol. The lowest BCUT2D eigenvalue weighted by Crippen LogP contribution is -2.64. The number of hydrogen-bond acceptors (Lipinski definition) is 4. The summed E-state index contributed by atoms with van der Waals surface area (Å²) in [5.74, 6) is -0.762. The van der Waals surface area contributed by atoms with E-state index >= 15 is 0 Å². The SMILES string of the molecule is CC.CC(=O)O.CCC(=O)N1CCN([C@H](C)C(=O)N2CCCC2)C(=O)C12CC2. The van der Waals surface area contributed by atoms with Crippen molar-refractivity contribution in [2.45, 2.75) is 78.3 Å². The van der Waals surface area contributed by atoms with E-state index in [0.717, 1.165) is 45.7 Å². The maximum atomic E-state index is 12.9. The van der Waals surface area contributed by atoms with Gasteiger partial charge in [0.2, 0.25) is 17.7 Å². The highest BCUT2D eigenvalue weighted by atomic mass is 16.4. The zero-order valence-electron chi connectivity index (χ0n) is 17.9. The lowest BCUT2D eigenvalue weighted by atomic mass is 10.1. The van der Waals surface area contributed by atoms with Gasteiger partial charge in [0.1, 0.15) is 11.6 Å². The highest BCUT2D eigenvalue weighted by molar-refractivity contribution is 5.97. The molecule has 1 aliphatic carbocycles. The van der Waals surface area contributed by atoms with Crippen molar-refractivity contribution >= 4 is 23.7 Å². The molecule has 0 unspecified atom stereocenters. The Hall–Kier alpha value is -2.12. The number of carbonyl (C=O) groups excluding carboxylic acids is 3. The molecule has 0 bridgehead atoms. The number of amides is 3. The van der Waals surface area contributed by atoms with Crippen molar-refractivity contribution in [3.8, 4) is 0 Å². The van der Waals surface area contributed by atoms with Gasteiger partial charge in [-0.2, -0.15) is 0 Å². The van der Waals surface area contributed by atoms with Crippen LogP contribution in [0.25, 0.3) is 0 Å². The number of rotatable bonds is 3. The monoisotopic (exact) mass is 397 g/mol. The third-order valence-corrected chi connectivity index (χ3v) is 5.31. The molecule has 160 valence electrons. The summed E-state index contributed by atoms with van der Waals surface area (Å²) in [6.45, 7) is 11.4. The van der Waals surface area contributed by atoms with E-state index in [1.54, 1.807) is 9.80 Å². The molecule has 0 radical (unpaired) electrons. The standard InChI is InChI=1S/C16H25N3O3.C2H4O2.C2H6/c1-3-13(20)19-11-10-18(15(22)16(19)6-7-16)12(2)14(21)17-8-4-5-9-17;1-2(3)4;1-2/h12H,3-11H2,1-2H3;1H3,(H,3,4);1-2H3/t12-;;/m1../s1. The van der Waals surface area contributed by atoms with Crippen molar-refractivity contribution in [3.63, 3.8) is 0 Å². The van der Waals surface area contributed by atoms with Crippen molar-refractivity contribution in [1.29, 1.82) is 0 Å². The molecule has 2 saturated heterocycles. The number of piperazine rings is 1. The van der Waals surface area contributed by atoms with Gasteiger partial charge in [0.05, 0.1) is 0 Å². The van der Waals surface area contributed by atoms with E-state index in [1.807, 2.05) is 32.6 Å². The highest BCUT2D eigenvalue weighted by Crippen LogP contribution is 2.46. The topological polar surface area (TPSA) is 98.2 Å². The van der Waals surface area contributed by atoms with E-state index < -0.39 is 17.6 Å². The summed E-state index contributed by atoms with van der Waals surface area (Å²) in [5.41, 5.74) is -0.634. The molecular formula is C20H35N3O5. The van der Waals surface area contributed by atoms with Gasteiger partial charge >= 0.3 is 0 Å². The van der Waals surface area contributed by atoms with Crippen LogP contribution >= 0.6 is 0 Å². The first-order chi connectivity index (χ1) is 13.2. The number of carboxylic acids is 1. The van der Waals surface area contributed by atoms with Crippen LogP contribution in [0.4, 0.5) is 0 Å². The van der Waals surface area contributed by atoms with Gasteiger partial charge < -0.3 is 19.8 Å². The average molecular weight is 398 g/mol. The Morgan fingerprint density at radius 2 is 1.57 bits per heavy atom. The normalized spacial score (nSPS) is 20.6. The molecule has 8 heteroatoms. The van der Waals surface area contributed by atoms with Crippen molar-refractivity contribution < 1.29 is 24.3 Å². The summed E-state index contributed by atoms with van der Waals surface area (Å²) in [7, 11) is 0. The minimum Gasteiger partial charge on any atom is -0.481 e. The van der Waals surface area contributed by atoms with Crippen LogP contribution < -0.4 is 0 Å². The van der Waals surface area contributed by atoms with Crippen molar-refractivity contribution in [2.24, 2.45) is 0 Å². The minimum atomic E-state index is -0.833. The predicted molar refractivity (Wildman–Crippen MR) is 106 cm³/mol. The third kappa shape index (κ3) is 5.23. The summed E-state index contributed by atoms with van der Waals surface area (Å²) >= 11 is 0. The Kier molecular flexibility index (Phi) is 8.91. The van der Waals surface area contributed by atoms with Crippen LogP contribution in [0.3, 0.4) is 0 Å². The van der Waals surface area contributed by atoms with E-state index in [0.29, 0.717) is 19.5 Å². The second-order valence-corrected chi connectivity index (χ2v) is 7.16. The Labute approximate surface area is 167 Å². The molecule has 3 aliphatic rings. The number of carboxylic acid groups (broad SMARTS) is 1. The van der Waals surface area contributed by atoms with Gasteiger partial charge in [-0.25, -0.2) is 0 Å². The van der Waals surface area contributed by atoms with E-state index in [1.165, 1.54) is 0 Å². The van der Waals surface area contributed by atoms with Gasteiger partial charge in [-0.3, -0.25) is 19.2 Å². The van der Waals surface area contributed by atoms with Gasteiger partial charge in [-0.1, -0.05) is 20.8 Å². The molecule has 28 heavy (non-hydrogen) atoms. The molecule has 8 nitrogen and oxygen atoms in total. The van der Waals surface area contributed by atoms with Gasteiger partial charge in [-0.05, 0) is 32.6 Å². The van der Waals surface area contributed by atoms with E-state index in [4.69, 9.17) is 9.90 Å². The summed E-state index contributed by atoms with van der Waals surface area (Å²) in [4.78, 5) is 51.8. The molecule has 3 rings (SSSR count). The molecule has 1 saturated carbocycles. The quantitative estimate of drug-likeness (QED) is 0.782. The van der Waals surface area contributed by atoms with Gasteiger partial charge in [0.15, 0.2) is 0 Å². The van der Waals surface area contributed by atoms with E-state index in [-0.39, 0.29) is 17.7 Å². The number of carbonyl (C=O) groups is 4. The zero-order valence-corrected chi connectivity index (χ0v) is 17.9. The van der Waals surface area contributed by atoms with Crippen molar-refractivity contribution in [3.05, 3.63) is 0 Å². The first kappa shape index (κ1) is 23.9. The summed E-state index contributed by atoms with van der Waals surface area (Å²) < 4.78 is 0. The molecule has 2 heterocycles. The van der Waals surface area contributed by atoms with Crippen LogP contribution in [-0.2, 0) is 19.2 Å². The molecule has 0 aromatic heterocycles. The van der Waals surface area contributed by atoms with E-state index in [9.17, 15) is 14.4 Å². The van der Waals surface area contributed by atoms with Crippen LogP contribution in [0, 0.1) is 0 Å². The Morgan fingerprint density at radius 3 is 2.00 bits per heavy atom. The van der Waals surface area contributed by atoms with Crippen LogP contribution in [0.1, 0.15) is 66.7 Å². The second-order valence-electron chi connectivity index (χ2n) is 7.16. The molecule has 1 atom stereocenters. The largest absolute Gasteiger partial charge is 0.481 e. The Balaban J connectivity index is 0.000000583. The lowest BCUT2D eigenvalue weighted by Gasteiger charge is -2.43. The summed E-state index contributed by atoms with van der Waals surface area (Å²) in [6.07, 6.45) is 4.00.